The second-order valence-electron chi connectivity index (χ2n) is 5.06. The highest BCUT2D eigenvalue weighted by molar-refractivity contribution is 6.99. The maximum absolute atomic E-state index is 12.7. The highest BCUT2D eigenvalue weighted by atomic mass is 32.1. The topological polar surface area (TPSA) is 73.3 Å². The SMILES string of the molecule is COc1ccc(-c2cc(NC(=O)c3cnsn3)ccc2OC(F)F)cc1. The van der Waals surface area contributed by atoms with E-state index in [-0.39, 0.29) is 11.4 Å². The summed E-state index contributed by atoms with van der Waals surface area (Å²) in [7, 11) is 1.53. The van der Waals surface area contributed by atoms with E-state index in [9.17, 15) is 13.6 Å². The first-order chi connectivity index (χ1) is 12.6. The van der Waals surface area contributed by atoms with Crippen molar-refractivity contribution in [3.8, 4) is 22.6 Å². The summed E-state index contributed by atoms with van der Waals surface area (Å²) in [6.07, 6.45) is 1.35. The summed E-state index contributed by atoms with van der Waals surface area (Å²) in [4.78, 5) is 12.1. The van der Waals surface area contributed by atoms with Gasteiger partial charge in [0, 0.05) is 11.3 Å². The maximum atomic E-state index is 12.7. The Morgan fingerprint density at radius 2 is 1.96 bits per heavy atom. The summed E-state index contributed by atoms with van der Waals surface area (Å²) in [5, 5.41) is 2.66. The number of rotatable bonds is 6. The van der Waals surface area contributed by atoms with Crippen LogP contribution in [0, 0.1) is 0 Å². The highest BCUT2D eigenvalue weighted by Gasteiger charge is 2.15. The van der Waals surface area contributed by atoms with Gasteiger partial charge in [0.15, 0.2) is 5.69 Å². The molecule has 26 heavy (non-hydrogen) atoms. The first-order valence-corrected chi connectivity index (χ1v) is 8.12. The van der Waals surface area contributed by atoms with Gasteiger partial charge in [0.1, 0.15) is 11.5 Å². The van der Waals surface area contributed by atoms with Gasteiger partial charge in [0.25, 0.3) is 5.91 Å². The summed E-state index contributed by atoms with van der Waals surface area (Å²) < 4.78 is 42.7. The number of anilines is 1. The van der Waals surface area contributed by atoms with Gasteiger partial charge in [0.05, 0.1) is 25.0 Å². The number of halogens is 2. The van der Waals surface area contributed by atoms with E-state index in [1.165, 1.54) is 25.4 Å². The van der Waals surface area contributed by atoms with E-state index in [0.717, 1.165) is 11.7 Å². The number of amides is 1. The molecule has 134 valence electrons. The smallest absolute Gasteiger partial charge is 0.387 e. The Kier molecular flexibility index (Phi) is 5.37. The van der Waals surface area contributed by atoms with Crippen LogP contribution in [0.3, 0.4) is 0 Å². The van der Waals surface area contributed by atoms with Crippen LogP contribution in [0.25, 0.3) is 11.1 Å². The fraction of sp³-hybridized carbons (Fsp3) is 0.118. The second kappa shape index (κ2) is 7.87. The predicted molar refractivity (Wildman–Crippen MR) is 92.9 cm³/mol. The van der Waals surface area contributed by atoms with E-state index in [4.69, 9.17) is 4.74 Å². The molecule has 1 amide bonds. The van der Waals surface area contributed by atoms with Crippen LogP contribution in [0.1, 0.15) is 10.5 Å². The molecule has 0 fully saturated rings. The van der Waals surface area contributed by atoms with E-state index in [2.05, 4.69) is 18.8 Å². The van der Waals surface area contributed by atoms with E-state index in [1.807, 2.05) is 0 Å². The fourth-order valence-electron chi connectivity index (χ4n) is 2.26. The Morgan fingerprint density at radius 1 is 1.19 bits per heavy atom. The molecule has 1 heterocycles. The zero-order chi connectivity index (χ0) is 18.5. The summed E-state index contributed by atoms with van der Waals surface area (Å²) in [5.41, 5.74) is 1.62. The minimum absolute atomic E-state index is 0.00140. The van der Waals surface area contributed by atoms with E-state index in [1.54, 1.807) is 30.3 Å². The van der Waals surface area contributed by atoms with Crippen molar-refractivity contribution in [1.82, 2.24) is 8.75 Å². The number of hydrogen-bond donors (Lipinski definition) is 1. The third-order valence-corrected chi connectivity index (χ3v) is 3.93. The van der Waals surface area contributed by atoms with Crippen molar-refractivity contribution in [2.24, 2.45) is 0 Å². The number of carbonyl (C=O) groups excluding carboxylic acids is 1. The largest absolute Gasteiger partial charge is 0.497 e. The molecule has 0 saturated carbocycles. The van der Waals surface area contributed by atoms with Crippen LogP contribution in [0.5, 0.6) is 11.5 Å². The Morgan fingerprint density at radius 3 is 2.58 bits per heavy atom. The van der Waals surface area contributed by atoms with Crippen molar-refractivity contribution >= 4 is 23.3 Å². The van der Waals surface area contributed by atoms with E-state index < -0.39 is 12.5 Å². The van der Waals surface area contributed by atoms with Crippen LogP contribution >= 0.6 is 11.7 Å². The molecule has 0 aliphatic carbocycles. The van der Waals surface area contributed by atoms with E-state index in [0.29, 0.717) is 22.6 Å². The number of hydrogen-bond acceptors (Lipinski definition) is 6. The van der Waals surface area contributed by atoms with Gasteiger partial charge in [-0.25, -0.2) is 0 Å². The van der Waals surface area contributed by atoms with Crippen LogP contribution in [-0.2, 0) is 0 Å². The third kappa shape index (κ3) is 4.12. The van der Waals surface area contributed by atoms with Crippen molar-refractivity contribution in [2.75, 3.05) is 12.4 Å². The van der Waals surface area contributed by atoms with Crippen molar-refractivity contribution in [1.29, 1.82) is 0 Å². The Labute approximate surface area is 151 Å². The monoisotopic (exact) mass is 377 g/mol. The molecule has 0 radical (unpaired) electrons. The summed E-state index contributed by atoms with van der Waals surface area (Å²) >= 11 is 0.915. The van der Waals surface area contributed by atoms with Crippen LogP contribution in [0.4, 0.5) is 14.5 Å². The van der Waals surface area contributed by atoms with Crippen LogP contribution < -0.4 is 14.8 Å². The first-order valence-electron chi connectivity index (χ1n) is 7.39. The van der Waals surface area contributed by atoms with Gasteiger partial charge < -0.3 is 14.8 Å². The fourth-order valence-corrected chi connectivity index (χ4v) is 2.67. The molecular weight excluding hydrogens is 364 g/mol. The van der Waals surface area contributed by atoms with Gasteiger partial charge in [-0.3, -0.25) is 4.79 Å². The van der Waals surface area contributed by atoms with Gasteiger partial charge in [-0.05, 0) is 35.9 Å². The lowest BCUT2D eigenvalue weighted by molar-refractivity contribution is -0.0494. The molecular formula is C17H13F2N3O3S. The molecule has 1 aromatic heterocycles. The zero-order valence-corrected chi connectivity index (χ0v) is 14.3. The van der Waals surface area contributed by atoms with Crippen molar-refractivity contribution in [3.63, 3.8) is 0 Å². The zero-order valence-electron chi connectivity index (χ0n) is 13.5. The molecule has 9 heteroatoms. The average Bonchev–Trinajstić information content (AvgIpc) is 3.17. The summed E-state index contributed by atoms with van der Waals surface area (Å²) in [5.74, 6) is 0.186. The molecule has 0 unspecified atom stereocenters. The number of aromatic nitrogens is 2. The van der Waals surface area contributed by atoms with Crippen LogP contribution in [0.15, 0.2) is 48.7 Å². The molecule has 0 bridgehead atoms. The number of benzene rings is 2. The third-order valence-electron chi connectivity index (χ3n) is 3.45. The molecule has 0 saturated heterocycles. The first kappa shape index (κ1) is 17.7. The molecule has 0 atom stereocenters. The number of nitrogens with one attached hydrogen (secondary N) is 1. The van der Waals surface area contributed by atoms with Crippen molar-refractivity contribution < 1.29 is 23.0 Å². The van der Waals surface area contributed by atoms with Crippen LogP contribution in [-0.4, -0.2) is 28.4 Å². The number of methoxy groups -OCH3 is 1. The van der Waals surface area contributed by atoms with Gasteiger partial charge in [-0.2, -0.15) is 17.5 Å². The Balaban J connectivity index is 1.94. The van der Waals surface area contributed by atoms with E-state index >= 15 is 0 Å². The number of ether oxygens (including phenoxy) is 2. The molecule has 3 rings (SSSR count). The minimum Gasteiger partial charge on any atom is -0.497 e. The molecule has 0 aliphatic heterocycles. The van der Waals surface area contributed by atoms with Gasteiger partial charge >= 0.3 is 6.61 Å². The van der Waals surface area contributed by atoms with Crippen molar-refractivity contribution in [2.45, 2.75) is 6.61 Å². The maximum Gasteiger partial charge on any atom is 0.387 e. The Bertz CT molecular complexity index is 887. The molecule has 0 spiro atoms. The molecule has 2 aromatic carbocycles. The lowest BCUT2D eigenvalue weighted by atomic mass is 10.0. The normalized spacial score (nSPS) is 10.6. The predicted octanol–water partition coefficient (Wildman–Crippen LogP) is 4.07. The average molecular weight is 377 g/mol. The lowest BCUT2D eigenvalue weighted by Crippen LogP contribution is -2.12. The molecule has 6 nitrogen and oxygen atoms in total. The minimum atomic E-state index is -2.96. The van der Waals surface area contributed by atoms with Crippen LogP contribution in [0.2, 0.25) is 0 Å². The molecule has 0 aliphatic rings. The highest BCUT2D eigenvalue weighted by Crippen LogP contribution is 2.34. The Hall–Kier alpha value is -3.07. The van der Waals surface area contributed by atoms with Gasteiger partial charge in [-0.1, -0.05) is 12.1 Å². The standard InChI is InChI=1S/C17H13F2N3O3S/c1-24-12-5-2-10(3-6-12)13-8-11(4-7-15(13)25-17(18)19)21-16(23)14-9-20-26-22-14/h2-9,17H,1H3,(H,21,23). The van der Waals surface area contributed by atoms with Crippen molar-refractivity contribution in [3.05, 3.63) is 54.4 Å². The molecule has 3 aromatic rings. The quantitative estimate of drug-likeness (QED) is 0.701. The number of alkyl halides is 2. The molecule has 1 N–H and O–H groups in total. The summed E-state index contributed by atoms with van der Waals surface area (Å²) in [6, 6.07) is 11.2. The lowest BCUT2D eigenvalue weighted by Gasteiger charge is -2.13. The van der Waals surface area contributed by atoms with Gasteiger partial charge in [-0.15, -0.1) is 0 Å². The second-order valence-corrected chi connectivity index (χ2v) is 5.62. The van der Waals surface area contributed by atoms with Gasteiger partial charge in [0.2, 0.25) is 0 Å². The number of nitrogens with zero attached hydrogens (tertiary/aromatic N) is 2. The summed E-state index contributed by atoms with van der Waals surface area (Å²) in [6.45, 7) is -2.96. The number of carbonyl (C=O) groups is 1.